The molecule has 1 N–H and O–H groups in total. The Morgan fingerprint density at radius 2 is 1.92 bits per heavy atom. The van der Waals surface area contributed by atoms with Gasteiger partial charge in [0.25, 0.3) is 0 Å². The normalized spacial score (nSPS) is 14.8. The number of carbonyl (C=O) groups excluding carboxylic acids is 1. The minimum atomic E-state index is 0.166. The minimum absolute atomic E-state index is 0.166. The van der Waals surface area contributed by atoms with Crippen molar-refractivity contribution in [3.8, 4) is 5.75 Å². The molecule has 0 unspecified atom stereocenters. The SMILES string of the molecule is CCCCCCCOc1cccc(NCC(=O)N(C)C2CCCCC2)c1. The van der Waals surface area contributed by atoms with Gasteiger partial charge < -0.3 is 15.0 Å². The first kappa shape index (κ1) is 20.6. The number of carbonyl (C=O) groups is 1. The number of nitrogens with zero attached hydrogens (tertiary/aromatic N) is 1. The van der Waals surface area contributed by atoms with Gasteiger partial charge in [-0.3, -0.25) is 4.79 Å². The molecule has 1 aromatic carbocycles. The van der Waals surface area contributed by atoms with Gasteiger partial charge >= 0.3 is 0 Å². The Balaban J connectivity index is 1.71. The van der Waals surface area contributed by atoms with E-state index in [2.05, 4.69) is 12.2 Å². The van der Waals surface area contributed by atoms with E-state index in [9.17, 15) is 4.79 Å². The molecule has 0 bridgehead atoms. The molecule has 1 aliphatic rings. The van der Waals surface area contributed by atoms with Crippen molar-refractivity contribution in [3.63, 3.8) is 0 Å². The Labute approximate surface area is 159 Å². The Morgan fingerprint density at radius 1 is 1.15 bits per heavy atom. The Hall–Kier alpha value is -1.71. The van der Waals surface area contributed by atoms with Crippen LogP contribution in [0.3, 0.4) is 0 Å². The first-order valence-electron chi connectivity index (χ1n) is 10.4. The molecule has 1 fully saturated rings. The molecule has 26 heavy (non-hydrogen) atoms. The summed E-state index contributed by atoms with van der Waals surface area (Å²) in [6, 6.07) is 8.35. The molecule has 146 valence electrons. The van der Waals surface area contributed by atoms with Crippen LogP contribution in [0.1, 0.15) is 71.1 Å². The summed E-state index contributed by atoms with van der Waals surface area (Å²) in [4.78, 5) is 14.4. The van der Waals surface area contributed by atoms with Crippen LogP contribution in [0.2, 0.25) is 0 Å². The zero-order valence-electron chi connectivity index (χ0n) is 16.6. The van der Waals surface area contributed by atoms with Crippen molar-refractivity contribution in [1.29, 1.82) is 0 Å². The fraction of sp³-hybridized carbons (Fsp3) is 0.682. The summed E-state index contributed by atoms with van der Waals surface area (Å²) < 4.78 is 5.84. The molecule has 4 nitrogen and oxygen atoms in total. The number of rotatable bonds is 11. The van der Waals surface area contributed by atoms with E-state index in [1.165, 1.54) is 44.9 Å². The molecule has 0 spiro atoms. The third-order valence-corrected chi connectivity index (χ3v) is 5.31. The molecule has 4 heteroatoms. The fourth-order valence-corrected chi connectivity index (χ4v) is 3.57. The van der Waals surface area contributed by atoms with Gasteiger partial charge in [-0.25, -0.2) is 0 Å². The van der Waals surface area contributed by atoms with E-state index in [0.717, 1.165) is 37.3 Å². The molecule has 0 saturated heterocycles. The monoisotopic (exact) mass is 360 g/mol. The van der Waals surface area contributed by atoms with Crippen LogP contribution in [0.5, 0.6) is 5.75 Å². The topological polar surface area (TPSA) is 41.6 Å². The van der Waals surface area contributed by atoms with Gasteiger partial charge in [0, 0.05) is 24.8 Å². The van der Waals surface area contributed by atoms with Crippen LogP contribution in [-0.2, 0) is 4.79 Å². The Morgan fingerprint density at radius 3 is 2.69 bits per heavy atom. The molecule has 0 radical (unpaired) electrons. The van der Waals surface area contributed by atoms with Crippen LogP contribution in [0, 0.1) is 0 Å². The summed E-state index contributed by atoms with van der Waals surface area (Å²) >= 11 is 0. The number of nitrogens with one attached hydrogen (secondary N) is 1. The number of likely N-dealkylation sites (N-methyl/N-ethyl adjacent to an activating group) is 1. The number of benzene rings is 1. The van der Waals surface area contributed by atoms with E-state index in [-0.39, 0.29) is 5.91 Å². The maximum atomic E-state index is 12.4. The standard InChI is InChI=1S/C22H36N2O2/c1-3-4-5-6-10-16-26-21-15-11-12-19(17-21)23-18-22(25)24(2)20-13-8-7-9-14-20/h11-12,15,17,20,23H,3-10,13-14,16,18H2,1-2H3. The zero-order valence-corrected chi connectivity index (χ0v) is 16.6. The van der Waals surface area contributed by atoms with Crippen molar-refractivity contribution in [2.24, 2.45) is 0 Å². The van der Waals surface area contributed by atoms with Crippen molar-refractivity contribution in [3.05, 3.63) is 24.3 Å². The van der Waals surface area contributed by atoms with E-state index in [4.69, 9.17) is 4.74 Å². The lowest BCUT2D eigenvalue weighted by molar-refractivity contribution is -0.130. The van der Waals surface area contributed by atoms with Crippen molar-refractivity contribution < 1.29 is 9.53 Å². The lowest BCUT2D eigenvalue weighted by Crippen LogP contribution is -2.41. The molecule has 0 aliphatic heterocycles. The largest absolute Gasteiger partial charge is 0.494 e. The van der Waals surface area contributed by atoms with Gasteiger partial charge in [-0.05, 0) is 31.4 Å². The van der Waals surface area contributed by atoms with Crippen molar-refractivity contribution >= 4 is 11.6 Å². The van der Waals surface area contributed by atoms with E-state index in [1.807, 2.05) is 36.2 Å². The third-order valence-electron chi connectivity index (χ3n) is 5.31. The first-order chi connectivity index (χ1) is 12.7. The van der Waals surface area contributed by atoms with Crippen molar-refractivity contribution in [1.82, 2.24) is 4.90 Å². The number of ether oxygens (including phenoxy) is 1. The van der Waals surface area contributed by atoms with Gasteiger partial charge in [0.05, 0.1) is 13.2 Å². The summed E-state index contributed by atoms with van der Waals surface area (Å²) in [6.45, 7) is 3.33. The number of unbranched alkanes of at least 4 members (excludes halogenated alkanes) is 4. The molecular formula is C22H36N2O2. The van der Waals surface area contributed by atoms with Crippen LogP contribution in [-0.4, -0.2) is 37.0 Å². The minimum Gasteiger partial charge on any atom is -0.494 e. The van der Waals surface area contributed by atoms with E-state index < -0.39 is 0 Å². The van der Waals surface area contributed by atoms with Crippen LogP contribution in [0.4, 0.5) is 5.69 Å². The highest BCUT2D eigenvalue weighted by Gasteiger charge is 2.21. The molecule has 1 saturated carbocycles. The maximum Gasteiger partial charge on any atom is 0.241 e. The van der Waals surface area contributed by atoms with Gasteiger partial charge in [-0.1, -0.05) is 57.9 Å². The molecule has 0 aromatic heterocycles. The predicted octanol–water partition coefficient (Wildman–Crippen LogP) is 5.24. The quantitative estimate of drug-likeness (QED) is 0.549. The number of anilines is 1. The predicted molar refractivity (Wildman–Crippen MR) is 109 cm³/mol. The highest BCUT2D eigenvalue weighted by atomic mass is 16.5. The van der Waals surface area contributed by atoms with Crippen LogP contribution >= 0.6 is 0 Å². The second-order valence-electron chi connectivity index (χ2n) is 7.44. The second kappa shape index (κ2) is 11.8. The smallest absolute Gasteiger partial charge is 0.241 e. The van der Waals surface area contributed by atoms with Gasteiger partial charge in [0.2, 0.25) is 5.91 Å². The third kappa shape index (κ3) is 7.27. The molecule has 1 aliphatic carbocycles. The van der Waals surface area contributed by atoms with Gasteiger partial charge in [-0.15, -0.1) is 0 Å². The lowest BCUT2D eigenvalue weighted by Gasteiger charge is -2.31. The number of hydrogen-bond acceptors (Lipinski definition) is 3. The van der Waals surface area contributed by atoms with Crippen LogP contribution in [0.15, 0.2) is 24.3 Å². The van der Waals surface area contributed by atoms with E-state index >= 15 is 0 Å². The number of hydrogen-bond donors (Lipinski definition) is 1. The molecule has 1 aromatic rings. The van der Waals surface area contributed by atoms with Gasteiger partial charge in [-0.2, -0.15) is 0 Å². The average Bonchev–Trinajstić information content (AvgIpc) is 2.69. The summed E-state index contributed by atoms with van der Waals surface area (Å²) in [6.07, 6.45) is 12.3. The summed E-state index contributed by atoms with van der Waals surface area (Å²) in [5, 5.41) is 3.25. The summed E-state index contributed by atoms with van der Waals surface area (Å²) in [5.74, 6) is 1.04. The summed E-state index contributed by atoms with van der Waals surface area (Å²) in [5.41, 5.74) is 0.943. The van der Waals surface area contributed by atoms with Crippen LogP contribution < -0.4 is 10.1 Å². The Kier molecular flexibility index (Phi) is 9.36. The average molecular weight is 361 g/mol. The molecular weight excluding hydrogens is 324 g/mol. The van der Waals surface area contributed by atoms with Crippen molar-refractivity contribution in [2.45, 2.75) is 77.2 Å². The molecule has 2 rings (SSSR count). The summed E-state index contributed by atoms with van der Waals surface area (Å²) in [7, 11) is 1.94. The highest BCUT2D eigenvalue weighted by molar-refractivity contribution is 5.81. The maximum absolute atomic E-state index is 12.4. The first-order valence-corrected chi connectivity index (χ1v) is 10.4. The van der Waals surface area contributed by atoms with Gasteiger partial charge in [0.15, 0.2) is 0 Å². The molecule has 0 heterocycles. The van der Waals surface area contributed by atoms with E-state index in [1.54, 1.807) is 0 Å². The van der Waals surface area contributed by atoms with Crippen molar-refractivity contribution in [2.75, 3.05) is 25.5 Å². The highest BCUT2D eigenvalue weighted by Crippen LogP contribution is 2.22. The lowest BCUT2D eigenvalue weighted by atomic mass is 9.94. The molecule has 0 atom stereocenters. The fourth-order valence-electron chi connectivity index (χ4n) is 3.57. The number of amides is 1. The van der Waals surface area contributed by atoms with E-state index in [0.29, 0.717) is 12.6 Å². The molecule has 1 amide bonds. The van der Waals surface area contributed by atoms with Gasteiger partial charge in [0.1, 0.15) is 5.75 Å². The zero-order chi connectivity index (χ0) is 18.6. The Bertz CT molecular complexity index is 527. The van der Waals surface area contributed by atoms with Crippen LogP contribution in [0.25, 0.3) is 0 Å². The second-order valence-corrected chi connectivity index (χ2v) is 7.44.